The van der Waals surface area contributed by atoms with E-state index in [0.717, 1.165) is 17.4 Å². The summed E-state index contributed by atoms with van der Waals surface area (Å²) in [5, 5.41) is 17.3. The van der Waals surface area contributed by atoms with E-state index >= 15 is 0 Å². The van der Waals surface area contributed by atoms with Crippen molar-refractivity contribution in [2.45, 2.75) is 37.9 Å². The fraction of sp³-hybridized carbons (Fsp3) is 0.375. The summed E-state index contributed by atoms with van der Waals surface area (Å²) in [5.41, 5.74) is 4.47. The smallest absolute Gasteiger partial charge is 0.493 e. The third-order valence-corrected chi connectivity index (χ3v) is 6.83. The van der Waals surface area contributed by atoms with Crippen molar-refractivity contribution in [3.05, 3.63) is 58.6 Å². The summed E-state index contributed by atoms with van der Waals surface area (Å²) in [6.07, 6.45) is -2.84. The van der Waals surface area contributed by atoms with Gasteiger partial charge in [-0.05, 0) is 56.5 Å². The number of aromatic nitrogens is 2. The molecule has 3 aromatic rings. The van der Waals surface area contributed by atoms with Gasteiger partial charge in [0, 0.05) is 10.1 Å². The van der Waals surface area contributed by atoms with Crippen molar-refractivity contribution in [1.82, 2.24) is 10.2 Å². The first-order chi connectivity index (χ1) is 18.0. The first-order valence-corrected chi connectivity index (χ1v) is 13.3. The average molecular weight is 570 g/mol. The molecule has 0 aliphatic carbocycles. The Hall–Kier alpha value is -3.14. The van der Waals surface area contributed by atoms with Crippen LogP contribution in [-0.4, -0.2) is 34.9 Å². The van der Waals surface area contributed by atoms with Crippen LogP contribution in [0, 0.1) is 11.3 Å². The molecule has 0 radical (unpaired) electrons. The molecule has 2 atom stereocenters. The molecule has 0 saturated carbocycles. The van der Waals surface area contributed by atoms with Crippen LogP contribution in [0.15, 0.2) is 42.5 Å². The number of alkyl halides is 3. The van der Waals surface area contributed by atoms with E-state index in [-0.39, 0.29) is 34.5 Å². The van der Waals surface area contributed by atoms with Crippen molar-refractivity contribution in [2.24, 2.45) is 5.73 Å². The first-order valence-electron chi connectivity index (χ1n) is 11.4. The number of hydrogen-bond acceptors (Lipinski definition) is 9. The van der Waals surface area contributed by atoms with Crippen LogP contribution < -0.4 is 15.2 Å². The van der Waals surface area contributed by atoms with Gasteiger partial charge in [-0.2, -0.15) is 18.4 Å². The van der Waals surface area contributed by atoms with Gasteiger partial charge in [0.25, 0.3) is 0 Å². The summed E-state index contributed by atoms with van der Waals surface area (Å²) >= 11 is 0.958. The Morgan fingerprint density at radius 3 is 2.42 bits per heavy atom. The third kappa shape index (κ3) is 8.18. The topological polar surface area (TPSA) is 141 Å². The summed E-state index contributed by atoms with van der Waals surface area (Å²) in [5.74, 6) is 0.198. The fourth-order valence-corrected chi connectivity index (χ4v) is 4.52. The van der Waals surface area contributed by atoms with Crippen LogP contribution in [0.3, 0.4) is 0 Å². The molecule has 1 heterocycles. The molecule has 0 bridgehead atoms. The summed E-state index contributed by atoms with van der Waals surface area (Å²) in [7, 11) is -2.86. The van der Waals surface area contributed by atoms with Crippen molar-refractivity contribution in [3.63, 3.8) is 0 Å². The number of nitriles is 1. The number of halogens is 3. The molecular weight excluding hydrogens is 544 g/mol. The predicted octanol–water partition coefficient (Wildman–Crippen LogP) is 5.56. The quantitative estimate of drug-likeness (QED) is 0.200. The van der Waals surface area contributed by atoms with Crippen LogP contribution in [0.1, 0.15) is 42.3 Å². The van der Waals surface area contributed by atoms with Crippen LogP contribution in [0.25, 0.3) is 10.6 Å². The van der Waals surface area contributed by atoms with Crippen molar-refractivity contribution < 1.29 is 36.6 Å². The van der Waals surface area contributed by atoms with Gasteiger partial charge in [0.15, 0.2) is 0 Å². The Labute approximate surface area is 221 Å². The molecule has 0 aliphatic heterocycles. The van der Waals surface area contributed by atoms with E-state index in [1.54, 1.807) is 24.3 Å². The minimum Gasteiger partial charge on any atom is -0.493 e. The molecule has 38 heavy (non-hydrogen) atoms. The van der Waals surface area contributed by atoms with Gasteiger partial charge in [-0.1, -0.05) is 23.5 Å². The van der Waals surface area contributed by atoms with E-state index < -0.39 is 25.5 Å². The molecule has 14 heteroatoms. The molecule has 3 rings (SSSR count). The summed E-state index contributed by atoms with van der Waals surface area (Å²) < 4.78 is 67.8. The molecule has 1 unspecified atom stereocenters. The lowest BCUT2D eigenvalue weighted by molar-refractivity contribution is -0.138. The largest absolute Gasteiger partial charge is 0.694 e. The van der Waals surface area contributed by atoms with Gasteiger partial charge in [-0.25, -0.2) is 0 Å². The lowest BCUT2D eigenvalue weighted by Crippen LogP contribution is -2.37. The monoisotopic (exact) mass is 569 g/mol. The highest BCUT2D eigenvalue weighted by atomic mass is 32.1. The highest BCUT2D eigenvalue weighted by Crippen LogP contribution is 2.40. The van der Waals surface area contributed by atoms with Crippen molar-refractivity contribution in [3.8, 4) is 28.1 Å². The van der Waals surface area contributed by atoms with Gasteiger partial charge in [0.05, 0.1) is 29.9 Å². The summed E-state index contributed by atoms with van der Waals surface area (Å²) in [6, 6.07) is 12.6. The van der Waals surface area contributed by atoms with E-state index in [1.807, 2.05) is 0 Å². The van der Waals surface area contributed by atoms with E-state index in [0.29, 0.717) is 37.2 Å². The zero-order valence-electron chi connectivity index (χ0n) is 20.3. The number of hydrogen-bond donors (Lipinski definition) is 2. The average Bonchev–Trinajstić information content (AvgIpc) is 3.38. The van der Waals surface area contributed by atoms with E-state index in [9.17, 15) is 17.7 Å². The number of ether oxygens (including phenoxy) is 2. The number of rotatable bonds is 13. The molecule has 3 N–H and O–H groups in total. The zero-order valence-corrected chi connectivity index (χ0v) is 22.0. The van der Waals surface area contributed by atoms with Gasteiger partial charge < -0.3 is 15.2 Å². The Bertz CT molecular complexity index is 1300. The maximum absolute atomic E-state index is 13.8. The molecule has 1 aromatic heterocycles. The normalized spacial score (nSPS) is 13.4. The number of nitrogens with zero attached hydrogens (tertiary/aromatic N) is 3. The van der Waals surface area contributed by atoms with E-state index in [1.165, 1.54) is 19.1 Å². The number of nitrogens with two attached hydrogens (primary N) is 1. The molecule has 0 amide bonds. The lowest BCUT2D eigenvalue weighted by Gasteiger charge is -2.16. The van der Waals surface area contributed by atoms with Crippen LogP contribution in [-0.2, 0) is 20.8 Å². The molecule has 0 saturated heterocycles. The second kappa shape index (κ2) is 13.1. The summed E-state index contributed by atoms with van der Waals surface area (Å²) in [4.78, 5) is 8.82. The van der Waals surface area contributed by atoms with Gasteiger partial charge in [0.1, 0.15) is 34.2 Å². The molecular formula is C24H25F3N4O5PS+. The van der Waals surface area contributed by atoms with Crippen LogP contribution in [0.4, 0.5) is 13.2 Å². The molecule has 202 valence electrons. The Morgan fingerprint density at radius 1 is 1.08 bits per heavy atom. The Kier molecular flexibility index (Phi) is 10.1. The van der Waals surface area contributed by atoms with Gasteiger partial charge in [-0.15, -0.1) is 19.6 Å². The van der Waals surface area contributed by atoms with Crippen LogP contribution in [0.5, 0.6) is 11.5 Å². The number of unbranched alkanes of at least 4 members (excludes halogenated alkanes) is 2. The maximum Gasteiger partial charge on any atom is 0.694 e. The van der Waals surface area contributed by atoms with Crippen molar-refractivity contribution in [1.29, 1.82) is 5.26 Å². The van der Waals surface area contributed by atoms with Crippen LogP contribution in [0.2, 0.25) is 0 Å². The van der Waals surface area contributed by atoms with Gasteiger partial charge in [-0.3, -0.25) is 0 Å². The Balaban J connectivity index is 1.58. The number of benzene rings is 2. The maximum atomic E-state index is 13.8. The van der Waals surface area contributed by atoms with E-state index in [4.69, 9.17) is 25.4 Å². The van der Waals surface area contributed by atoms with Gasteiger partial charge >= 0.3 is 14.4 Å². The molecule has 0 fully saturated rings. The standard InChI is InChI=1S/C24H24F3N4O5PS/c1-23(29,15-36-37(32)33)22-31-30-21(38-22)16-9-10-20(18(13-16)24(25,26)27)35-12-6-2-5-11-34-19-8-4-3-7-17(19)14-28/h3-4,7-10,13H,2,5-6,11-12,15,29H2,1H3/p+1/t23-/m0/s1. The van der Waals surface area contributed by atoms with Crippen molar-refractivity contribution >= 4 is 19.6 Å². The Morgan fingerprint density at radius 2 is 1.76 bits per heavy atom. The molecule has 2 aromatic carbocycles. The fourth-order valence-electron chi connectivity index (χ4n) is 3.26. The minimum absolute atomic E-state index is 0.0821. The van der Waals surface area contributed by atoms with Crippen LogP contribution >= 0.6 is 19.6 Å². The molecule has 9 nitrogen and oxygen atoms in total. The predicted molar refractivity (Wildman–Crippen MR) is 134 cm³/mol. The third-order valence-electron chi connectivity index (χ3n) is 5.23. The first kappa shape index (κ1) is 29.4. The zero-order chi connectivity index (χ0) is 27.8. The molecule has 0 aliphatic rings. The summed E-state index contributed by atoms with van der Waals surface area (Å²) in [6.45, 7) is 1.63. The van der Waals surface area contributed by atoms with Gasteiger partial charge in [0.2, 0.25) is 0 Å². The second-order valence-corrected chi connectivity index (χ2v) is 10.1. The number of para-hydroxylation sites is 1. The highest BCUT2D eigenvalue weighted by molar-refractivity contribution is 7.32. The van der Waals surface area contributed by atoms with Crippen molar-refractivity contribution in [2.75, 3.05) is 19.8 Å². The SMILES string of the molecule is C[C@](N)(CO[P+](=O)O)c1nnc(-c2ccc(OCCCCCOc3ccccc3C#N)c(C(F)(F)F)c2)s1. The minimum atomic E-state index is -4.66. The lowest BCUT2D eigenvalue weighted by atomic mass is 10.1. The highest BCUT2D eigenvalue weighted by Gasteiger charge is 2.36. The molecule has 0 spiro atoms. The second-order valence-electron chi connectivity index (χ2n) is 8.42. The van der Waals surface area contributed by atoms with E-state index in [2.05, 4.69) is 20.8 Å².